The molecule has 1 aromatic carbocycles. The predicted molar refractivity (Wildman–Crippen MR) is 93.9 cm³/mol. The van der Waals surface area contributed by atoms with Crippen molar-refractivity contribution in [2.75, 3.05) is 20.2 Å². The first-order valence-electron chi connectivity index (χ1n) is 8.69. The highest BCUT2D eigenvalue weighted by molar-refractivity contribution is 5.87. The van der Waals surface area contributed by atoms with Crippen LogP contribution >= 0.6 is 0 Å². The third kappa shape index (κ3) is 5.25. The molecule has 1 saturated carbocycles. The van der Waals surface area contributed by atoms with E-state index in [0.717, 1.165) is 37.0 Å². The zero-order valence-corrected chi connectivity index (χ0v) is 14.9. The molecule has 5 nitrogen and oxygen atoms in total. The van der Waals surface area contributed by atoms with Crippen LogP contribution in [0.1, 0.15) is 38.2 Å². The first-order chi connectivity index (χ1) is 11.5. The first-order valence-corrected chi connectivity index (χ1v) is 8.69. The minimum Gasteiger partial charge on any atom is -0.492 e. The lowest BCUT2D eigenvalue weighted by Crippen LogP contribution is -2.51. The van der Waals surface area contributed by atoms with E-state index in [1.807, 2.05) is 31.2 Å². The molecule has 0 heterocycles. The Labute approximate surface area is 144 Å². The zero-order valence-electron chi connectivity index (χ0n) is 14.9. The van der Waals surface area contributed by atoms with Gasteiger partial charge in [0.1, 0.15) is 18.4 Å². The summed E-state index contributed by atoms with van der Waals surface area (Å²) in [5.74, 6) is 0.890. The Morgan fingerprint density at radius 3 is 2.67 bits per heavy atom. The maximum Gasteiger partial charge on any atom is 0.245 e. The number of benzene rings is 1. The van der Waals surface area contributed by atoms with Crippen molar-refractivity contribution in [2.45, 2.75) is 45.6 Å². The molecule has 1 aliphatic rings. The van der Waals surface area contributed by atoms with Gasteiger partial charge < -0.3 is 15.0 Å². The summed E-state index contributed by atoms with van der Waals surface area (Å²) < 4.78 is 5.71. The van der Waals surface area contributed by atoms with Gasteiger partial charge in [-0.25, -0.2) is 0 Å². The van der Waals surface area contributed by atoms with E-state index in [4.69, 9.17) is 4.74 Å². The molecule has 24 heavy (non-hydrogen) atoms. The summed E-state index contributed by atoms with van der Waals surface area (Å²) in [7, 11) is 1.77. The van der Waals surface area contributed by atoms with Gasteiger partial charge in [0.2, 0.25) is 11.8 Å². The van der Waals surface area contributed by atoms with Gasteiger partial charge in [-0.05, 0) is 43.4 Å². The third-order valence-corrected chi connectivity index (χ3v) is 4.56. The average Bonchev–Trinajstić information content (AvgIpc) is 3.06. The second-order valence-corrected chi connectivity index (χ2v) is 6.65. The molecule has 2 amide bonds. The van der Waals surface area contributed by atoms with Gasteiger partial charge >= 0.3 is 0 Å². The maximum atomic E-state index is 12.7. The number of rotatable bonds is 7. The highest BCUT2D eigenvalue weighted by Gasteiger charge is 2.32. The van der Waals surface area contributed by atoms with Crippen LogP contribution in [0.25, 0.3) is 0 Å². The topological polar surface area (TPSA) is 58.6 Å². The first kappa shape index (κ1) is 18.3. The average molecular weight is 332 g/mol. The fourth-order valence-electron chi connectivity index (χ4n) is 3.24. The van der Waals surface area contributed by atoms with Crippen molar-refractivity contribution in [2.24, 2.45) is 5.92 Å². The van der Waals surface area contributed by atoms with E-state index < -0.39 is 6.04 Å². The minimum absolute atomic E-state index is 0.0232. The van der Waals surface area contributed by atoms with Crippen LogP contribution < -0.4 is 10.1 Å². The molecule has 5 heteroatoms. The Morgan fingerprint density at radius 2 is 2.04 bits per heavy atom. The van der Waals surface area contributed by atoms with Gasteiger partial charge in [-0.1, -0.05) is 25.0 Å². The van der Waals surface area contributed by atoms with E-state index in [9.17, 15) is 9.59 Å². The Kier molecular flexibility index (Phi) is 6.64. The largest absolute Gasteiger partial charge is 0.492 e. The number of aryl methyl sites for hydroxylation is 1. The fourth-order valence-corrected chi connectivity index (χ4v) is 3.24. The molecular weight excluding hydrogens is 304 g/mol. The van der Waals surface area contributed by atoms with E-state index in [1.54, 1.807) is 11.9 Å². The summed E-state index contributed by atoms with van der Waals surface area (Å²) in [5, 5.41) is 2.85. The number of amides is 2. The molecular formula is C19H28N2O3. The van der Waals surface area contributed by atoms with Crippen LogP contribution in [0.5, 0.6) is 5.75 Å². The molecule has 132 valence electrons. The van der Waals surface area contributed by atoms with Crippen molar-refractivity contribution in [1.82, 2.24) is 10.2 Å². The Morgan fingerprint density at radius 1 is 1.33 bits per heavy atom. The minimum atomic E-state index is -0.408. The standard InChI is InChI=1S/C19H28N2O3/c1-14-7-6-10-17(13-14)24-12-11-21(3)19(23)18(20-15(2)22)16-8-4-5-9-16/h6-7,10,13,16,18H,4-5,8-9,11-12H2,1-3H3,(H,20,22). The molecule has 1 aliphatic carbocycles. The van der Waals surface area contributed by atoms with E-state index in [-0.39, 0.29) is 17.7 Å². The molecule has 1 unspecified atom stereocenters. The number of hydrogen-bond donors (Lipinski definition) is 1. The second-order valence-electron chi connectivity index (χ2n) is 6.65. The van der Waals surface area contributed by atoms with Crippen molar-refractivity contribution in [1.29, 1.82) is 0 Å². The summed E-state index contributed by atoms with van der Waals surface area (Å²) in [4.78, 5) is 25.8. The molecule has 0 saturated heterocycles. The van der Waals surface area contributed by atoms with Gasteiger partial charge in [-0.2, -0.15) is 0 Å². The number of nitrogens with one attached hydrogen (secondary N) is 1. The van der Waals surface area contributed by atoms with Crippen molar-refractivity contribution in [3.8, 4) is 5.75 Å². The summed E-state index contributed by atoms with van der Waals surface area (Å²) in [6, 6.07) is 7.44. The molecule has 1 atom stereocenters. The van der Waals surface area contributed by atoms with Crippen LogP contribution in [0.2, 0.25) is 0 Å². The maximum absolute atomic E-state index is 12.7. The second kappa shape index (κ2) is 8.71. The lowest BCUT2D eigenvalue weighted by atomic mass is 9.97. The monoisotopic (exact) mass is 332 g/mol. The predicted octanol–water partition coefficient (Wildman–Crippen LogP) is 2.53. The van der Waals surface area contributed by atoms with Gasteiger partial charge in [0.15, 0.2) is 0 Å². The van der Waals surface area contributed by atoms with Crippen molar-refractivity contribution in [3.63, 3.8) is 0 Å². The number of carbonyl (C=O) groups is 2. The van der Waals surface area contributed by atoms with Crippen molar-refractivity contribution in [3.05, 3.63) is 29.8 Å². The molecule has 0 bridgehead atoms. The number of ether oxygens (including phenoxy) is 1. The SMILES string of the molecule is CC(=O)NC(C(=O)N(C)CCOc1cccc(C)c1)C1CCCC1. The lowest BCUT2D eigenvalue weighted by Gasteiger charge is -2.28. The van der Waals surface area contributed by atoms with Gasteiger partial charge in [-0.3, -0.25) is 9.59 Å². The highest BCUT2D eigenvalue weighted by Crippen LogP contribution is 2.28. The fraction of sp³-hybridized carbons (Fsp3) is 0.579. The summed E-state index contributed by atoms with van der Waals surface area (Å²) in [6.07, 6.45) is 4.27. The van der Waals surface area contributed by atoms with E-state index >= 15 is 0 Å². The van der Waals surface area contributed by atoms with Crippen molar-refractivity contribution >= 4 is 11.8 Å². The highest BCUT2D eigenvalue weighted by atomic mass is 16.5. The number of carbonyl (C=O) groups excluding carboxylic acids is 2. The summed E-state index contributed by atoms with van der Waals surface area (Å²) in [5.41, 5.74) is 1.14. The van der Waals surface area contributed by atoms with Crippen LogP contribution in [0.3, 0.4) is 0 Å². The molecule has 1 aromatic rings. The van der Waals surface area contributed by atoms with Crippen LogP contribution in [0, 0.1) is 12.8 Å². The summed E-state index contributed by atoms with van der Waals surface area (Å²) >= 11 is 0. The molecule has 1 fully saturated rings. The molecule has 0 spiro atoms. The lowest BCUT2D eigenvalue weighted by molar-refractivity contribution is -0.136. The van der Waals surface area contributed by atoms with E-state index in [2.05, 4.69) is 5.32 Å². The molecule has 2 rings (SSSR count). The van der Waals surface area contributed by atoms with E-state index in [1.165, 1.54) is 6.92 Å². The Bertz CT molecular complexity index is 567. The third-order valence-electron chi connectivity index (χ3n) is 4.56. The van der Waals surface area contributed by atoms with Gasteiger partial charge in [-0.15, -0.1) is 0 Å². The normalized spacial score (nSPS) is 15.8. The Balaban J connectivity index is 1.87. The zero-order chi connectivity index (χ0) is 17.5. The smallest absolute Gasteiger partial charge is 0.245 e. The molecule has 0 radical (unpaired) electrons. The van der Waals surface area contributed by atoms with Gasteiger partial charge in [0.25, 0.3) is 0 Å². The van der Waals surface area contributed by atoms with Crippen molar-refractivity contribution < 1.29 is 14.3 Å². The number of nitrogens with zero attached hydrogens (tertiary/aromatic N) is 1. The van der Waals surface area contributed by atoms with E-state index in [0.29, 0.717) is 13.2 Å². The quantitative estimate of drug-likeness (QED) is 0.835. The van der Waals surface area contributed by atoms with Crippen LogP contribution in [-0.4, -0.2) is 43.0 Å². The molecule has 0 aliphatic heterocycles. The summed E-state index contributed by atoms with van der Waals surface area (Å²) in [6.45, 7) is 4.41. The van der Waals surface area contributed by atoms with Crippen LogP contribution in [0.4, 0.5) is 0 Å². The number of hydrogen-bond acceptors (Lipinski definition) is 3. The van der Waals surface area contributed by atoms with Gasteiger partial charge in [0.05, 0.1) is 6.54 Å². The van der Waals surface area contributed by atoms with Crippen LogP contribution in [-0.2, 0) is 9.59 Å². The molecule has 1 N–H and O–H groups in total. The Hall–Kier alpha value is -2.04. The van der Waals surface area contributed by atoms with Gasteiger partial charge in [0, 0.05) is 14.0 Å². The van der Waals surface area contributed by atoms with Crippen LogP contribution in [0.15, 0.2) is 24.3 Å². The number of likely N-dealkylation sites (N-methyl/N-ethyl adjacent to an activating group) is 1. The molecule has 0 aromatic heterocycles.